The van der Waals surface area contributed by atoms with Crippen LogP contribution in [0.4, 0.5) is 0 Å². The SMILES string of the molecule is BrC1CC=CC2C3C=CCCC3OC12. The molecule has 0 spiro atoms. The molecule has 14 heavy (non-hydrogen) atoms. The molecule has 0 saturated carbocycles. The van der Waals surface area contributed by atoms with Crippen molar-refractivity contribution in [1.29, 1.82) is 0 Å². The minimum atomic E-state index is 0.415. The molecule has 2 heteroatoms. The lowest BCUT2D eigenvalue weighted by molar-refractivity contribution is 0.0280. The Morgan fingerprint density at radius 2 is 2.00 bits per heavy atom. The van der Waals surface area contributed by atoms with Crippen molar-refractivity contribution < 1.29 is 4.74 Å². The topological polar surface area (TPSA) is 9.23 Å². The summed E-state index contributed by atoms with van der Waals surface area (Å²) in [6.45, 7) is 0. The van der Waals surface area contributed by atoms with Crippen LogP contribution in [0.25, 0.3) is 0 Å². The molecule has 1 saturated heterocycles. The Balaban J connectivity index is 1.90. The summed E-state index contributed by atoms with van der Waals surface area (Å²) < 4.78 is 6.13. The lowest BCUT2D eigenvalue weighted by Crippen LogP contribution is -2.29. The van der Waals surface area contributed by atoms with E-state index in [1.807, 2.05) is 0 Å². The average molecular weight is 255 g/mol. The highest BCUT2D eigenvalue weighted by molar-refractivity contribution is 9.09. The summed E-state index contributed by atoms with van der Waals surface area (Å²) in [5, 5.41) is 0. The third-order valence-corrected chi connectivity index (χ3v) is 4.53. The molecule has 3 rings (SSSR count). The molecular formula is C12H15BrO. The van der Waals surface area contributed by atoms with E-state index in [1.165, 1.54) is 12.8 Å². The van der Waals surface area contributed by atoms with Gasteiger partial charge in [-0.2, -0.15) is 0 Å². The van der Waals surface area contributed by atoms with Gasteiger partial charge in [0.05, 0.1) is 12.2 Å². The zero-order valence-corrected chi connectivity index (χ0v) is 9.69. The highest BCUT2D eigenvalue weighted by atomic mass is 79.9. The summed E-state index contributed by atoms with van der Waals surface area (Å²) in [4.78, 5) is 0.525. The van der Waals surface area contributed by atoms with E-state index in [0.717, 1.165) is 6.42 Å². The van der Waals surface area contributed by atoms with Gasteiger partial charge in [-0.3, -0.25) is 0 Å². The van der Waals surface area contributed by atoms with Crippen LogP contribution in [0.3, 0.4) is 0 Å². The Kier molecular flexibility index (Phi) is 2.29. The van der Waals surface area contributed by atoms with Gasteiger partial charge in [-0.15, -0.1) is 0 Å². The van der Waals surface area contributed by atoms with Crippen LogP contribution in [0, 0.1) is 11.8 Å². The van der Waals surface area contributed by atoms with Gasteiger partial charge in [0.25, 0.3) is 0 Å². The fourth-order valence-corrected chi connectivity index (χ4v) is 3.63. The maximum Gasteiger partial charge on any atom is 0.0776 e. The third kappa shape index (κ3) is 1.31. The third-order valence-electron chi connectivity index (χ3n) is 3.64. The Morgan fingerprint density at radius 3 is 2.93 bits per heavy atom. The van der Waals surface area contributed by atoms with Crippen molar-refractivity contribution in [2.75, 3.05) is 0 Å². The molecule has 2 aliphatic carbocycles. The fourth-order valence-electron chi connectivity index (χ4n) is 2.94. The van der Waals surface area contributed by atoms with Gasteiger partial charge in [0.2, 0.25) is 0 Å². The standard InChI is InChI=1S/C12H15BrO/c13-10-6-3-5-9-8-4-1-2-7-11(8)14-12(9)10/h1,3-5,8-12H,2,6-7H2. The fraction of sp³-hybridized carbons (Fsp3) is 0.667. The zero-order chi connectivity index (χ0) is 9.54. The van der Waals surface area contributed by atoms with Crippen LogP contribution in [-0.4, -0.2) is 17.0 Å². The zero-order valence-electron chi connectivity index (χ0n) is 8.10. The van der Waals surface area contributed by atoms with E-state index in [-0.39, 0.29) is 0 Å². The van der Waals surface area contributed by atoms with Crippen molar-refractivity contribution in [1.82, 2.24) is 0 Å². The molecule has 3 aliphatic rings. The first-order valence-corrected chi connectivity index (χ1v) is 6.40. The van der Waals surface area contributed by atoms with Gasteiger partial charge in [0.15, 0.2) is 0 Å². The van der Waals surface area contributed by atoms with E-state index in [0.29, 0.717) is 28.9 Å². The van der Waals surface area contributed by atoms with Crippen LogP contribution < -0.4 is 0 Å². The molecule has 1 nitrogen and oxygen atoms in total. The summed E-state index contributed by atoms with van der Waals surface area (Å²) in [5.74, 6) is 1.26. The van der Waals surface area contributed by atoms with Gasteiger partial charge in [0.1, 0.15) is 0 Å². The molecule has 0 N–H and O–H groups in total. The predicted octanol–water partition coefficient (Wildman–Crippen LogP) is 3.06. The van der Waals surface area contributed by atoms with Crippen LogP contribution in [0.5, 0.6) is 0 Å². The van der Waals surface area contributed by atoms with E-state index < -0.39 is 0 Å². The first-order chi connectivity index (χ1) is 6.86. The Morgan fingerprint density at radius 1 is 1.14 bits per heavy atom. The van der Waals surface area contributed by atoms with Gasteiger partial charge >= 0.3 is 0 Å². The minimum Gasteiger partial charge on any atom is -0.373 e. The molecule has 0 aromatic heterocycles. The highest BCUT2D eigenvalue weighted by Gasteiger charge is 2.45. The number of fused-ring (bicyclic) bond motifs is 3. The van der Waals surface area contributed by atoms with E-state index >= 15 is 0 Å². The number of rotatable bonds is 0. The second-order valence-corrected chi connectivity index (χ2v) is 5.66. The lowest BCUT2D eigenvalue weighted by Gasteiger charge is -2.26. The van der Waals surface area contributed by atoms with Crippen LogP contribution in [0.15, 0.2) is 24.3 Å². The highest BCUT2D eigenvalue weighted by Crippen LogP contribution is 2.44. The van der Waals surface area contributed by atoms with Crippen LogP contribution >= 0.6 is 15.9 Å². The van der Waals surface area contributed by atoms with Gasteiger partial charge in [-0.05, 0) is 19.3 Å². The van der Waals surface area contributed by atoms with Crippen molar-refractivity contribution in [3.05, 3.63) is 24.3 Å². The number of allylic oxidation sites excluding steroid dienone is 2. The van der Waals surface area contributed by atoms with Crippen molar-refractivity contribution in [2.45, 2.75) is 36.3 Å². The molecule has 0 aromatic rings. The predicted molar refractivity (Wildman–Crippen MR) is 60.5 cm³/mol. The maximum absolute atomic E-state index is 6.13. The summed E-state index contributed by atoms with van der Waals surface area (Å²) in [7, 11) is 0. The smallest absolute Gasteiger partial charge is 0.0776 e. The first kappa shape index (κ1) is 9.17. The van der Waals surface area contributed by atoms with Crippen molar-refractivity contribution in [3.8, 4) is 0 Å². The van der Waals surface area contributed by atoms with Crippen molar-refractivity contribution in [3.63, 3.8) is 0 Å². The number of alkyl halides is 1. The number of ether oxygens (including phenoxy) is 1. The Labute approximate surface area is 93.3 Å². The average Bonchev–Trinajstić information content (AvgIpc) is 2.59. The second-order valence-electron chi connectivity index (χ2n) is 4.48. The van der Waals surface area contributed by atoms with Gasteiger partial charge in [0, 0.05) is 16.7 Å². The lowest BCUT2D eigenvalue weighted by atomic mass is 9.79. The molecule has 0 radical (unpaired) electrons. The van der Waals surface area contributed by atoms with Crippen LogP contribution in [0.2, 0.25) is 0 Å². The van der Waals surface area contributed by atoms with E-state index in [9.17, 15) is 0 Å². The molecule has 76 valence electrons. The van der Waals surface area contributed by atoms with E-state index in [1.54, 1.807) is 0 Å². The quantitative estimate of drug-likeness (QED) is 0.477. The van der Waals surface area contributed by atoms with E-state index in [4.69, 9.17) is 4.74 Å². The van der Waals surface area contributed by atoms with Gasteiger partial charge < -0.3 is 4.74 Å². The first-order valence-electron chi connectivity index (χ1n) is 5.49. The molecule has 5 atom stereocenters. The summed E-state index contributed by atoms with van der Waals surface area (Å²) >= 11 is 3.73. The number of halogens is 1. The molecule has 0 amide bonds. The van der Waals surface area contributed by atoms with Crippen LogP contribution in [0.1, 0.15) is 19.3 Å². The Hall–Kier alpha value is -0.0800. The molecule has 1 fully saturated rings. The van der Waals surface area contributed by atoms with Gasteiger partial charge in [-0.1, -0.05) is 40.2 Å². The largest absolute Gasteiger partial charge is 0.373 e. The maximum atomic E-state index is 6.13. The van der Waals surface area contributed by atoms with E-state index in [2.05, 4.69) is 40.2 Å². The molecular weight excluding hydrogens is 240 g/mol. The summed E-state index contributed by atoms with van der Waals surface area (Å²) in [6.07, 6.45) is 13.8. The molecule has 1 aliphatic heterocycles. The van der Waals surface area contributed by atoms with Crippen molar-refractivity contribution >= 4 is 15.9 Å². The number of hydrogen-bond acceptors (Lipinski definition) is 1. The molecule has 1 heterocycles. The summed E-state index contributed by atoms with van der Waals surface area (Å²) in [6, 6.07) is 0. The summed E-state index contributed by atoms with van der Waals surface area (Å²) in [5.41, 5.74) is 0. The molecule has 5 unspecified atom stereocenters. The Bertz CT molecular complexity index is 284. The number of hydrogen-bond donors (Lipinski definition) is 0. The van der Waals surface area contributed by atoms with Crippen LogP contribution in [-0.2, 0) is 4.74 Å². The van der Waals surface area contributed by atoms with Crippen molar-refractivity contribution in [2.24, 2.45) is 11.8 Å². The normalized spacial score (nSPS) is 50.2. The van der Waals surface area contributed by atoms with Gasteiger partial charge in [-0.25, -0.2) is 0 Å². The molecule has 0 aromatic carbocycles. The monoisotopic (exact) mass is 254 g/mol. The molecule has 0 bridgehead atoms. The minimum absolute atomic E-state index is 0.415. The second kappa shape index (κ2) is 3.49.